The van der Waals surface area contributed by atoms with Crippen molar-refractivity contribution in [1.82, 2.24) is 10.3 Å². The molecule has 0 fully saturated rings. The lowest BCUT2D eigenvalue weighted by atomic mass is 10.1. The molecule has 5 heteroatoms. The Balaban J connectivity index is 1.53. The summed E-state index contributed by atoms with van der Waals surface area (Å²) in [7, 11) is 0. The SMILES string of the molecule is Cc1oc(-c2ccccc2)nc1CC(=O)NCc1ccc(COC(C)C)cc1. The number of aryl methyl sites for hydroxylation is 1. The van der Waals surface area contributed by atoms with Gasteiger partial charge in [-0.15, -0.1) is 0 Å². The van der Waals surface area contributed by atoms with Crippen molar-refractivity contribution in [3.63, 3.8) is 0 Å². The molecule has 28 heavy (non-hydrogen) atoms. The summed E-state index contributed by atoms with van der Waals surface area (Å²) in [5, 5.41) is 2.94. The van der Waals surface area contributed by atoms with Crippen LogP contribution in [-0.4, -0.2) is 17.0 Å². The number of nitrogens with one attached hydrogen (secondary N) is 1. The van der Waals surface area contributed by atoms with Crippen LogP contribution in [0.1, 0.15) is 36.4 Å². The average molecular weight is 378 g/mol. The van der Waals surface area contributed by atoms with Gasteiger partial charge < -0.3 is 14.5 Å². The predicted octanol–water partition coefficient (Wildman–Crippen LogP) is 4.43. The fourth-order valence-corrected chi connectivity index (χ4v) is 2.73. The highest BCUT2D eigenvalue weighted by Crippen LogP contribution is 2.21. The predicted molar refractivity (Wildman–Crippen MR) is 109 cm³/mol. The van der Waals surface area contributed by atoms with Crippen LogP contribution >= 0.6 is 0 Å². The normalized spacial score (nSPS) is 11.0. The van der Waals surface area contributed by atoms with Gasteiger partial charge in [0.1, 0.15) is 5.76 Å². The van der Waals surface area contributed by atoms with Gasteiger partial charge in [0, 0.05) is 12.1 Å². The van der Waals surface area contributed by atoms with Crippen LogP contribution in [0, 0.1) is 6.92 Å². The largest absolute Gasteiger partial charge is 0.441 e. The summed E-state index contributed by atoms with van der Waals surface area (Å²) in [5.41, 5.74) is 3.73. The molecule has 0 spiro atoms. The van der Waals surface area contributed by atoms with Crippen molar-refractivity contribution in [2.45, 2.75) is 46.4 Å². The molecule has 1 N–H and O–H groups in total. The first kappa shape index (κ1) is 19.8. The van der Waals surface area contributed by atoms with E-state index in [-0.39, 0.29) is 18.4 Å². The molecule has 1 heterocycles. The topological polar surface area (TPSA) is 64.4 Å². The van der Waals surface area contributed by atoms with Gasteiger partial charge in [-0.3, -0.25) is 4.79 Å². The van der Waals surface area contributed by atoms with Gasteiger partial charge in [-0.1, -0.05) is 42.5 Å². The van der Waals surface area contributed by atoms with Gasteiger partial charge in [0.2, 0.25) is 11.8 Å². The summed E-state index contributed by atoms with van der Waals surface area (Å²) >= 11 is 0. The highest BCUT2D eigenvalue weighted by Gasteiger charge is 2.14. The van der Waals surface area contributed by atoms with E-state index in [4.69, 9.17) is 9.15 Å². The molecule has 3 aromatic rings. The highest BCUT2D eigenvalue weighted by molar-refractivity contribution is 5.78. The number of aromatic nitrogens is 1. The number of carbonyl (C=O) groups excluding carboxylic acids is 1. The molecule has 0 aliphatic heterocycles. The van der Waals surface area contributed by atoms with E-state index in [1.54, 1.807) is 0 Å². The van der Waals surface area contributed by atoms with E-state index in [0.29, 0.717) is 30.5 Å². The number of amides is 1. The molecule has 1 aromatic heterocycles. The van der Waals surface area contributed by atoms with Gasteiger partial charge in [-0.25, -0.2) is 4.98 Å². The molecule has 0 saturated heterocycles. The summed E-state index contributed by atoms with van der Waals surface area (Å²) < 4.78 is 11.3. The van der Waals surface area contributed by atoms with Crippen LogP contribution in [0.2, 0.25) is 0 Å². The Hall–Kier alpha value is -2.92. The van der Waals surface area contributed by atoms with Gasteiger partial charge in [0.15, 0.2) is 0 Å². The first-order valence-electron chi connectivity index (χ1n) is 9.49. The second-order valence-corrected chi connectivity index (χ2v) is 7.02. The maximum absolute atomic E-state index is 12.3. The van der Waals surface area contributed by atoms with Crippen LogP contribution in [0.25, 0.3) is 11.5 Å². The molecule has 146 valence electrons. The van der Waals surface area contributed by atoms with Crippen LogP contribution < -0.4 is 5.32 Å². The minimum absolute atomic E-state index is 0.0803. The Bertz CT molecular complexity index is 899. The number of hydrogen-bond acceptors (Lipinski definition) is 4. The Labute approximate surface area is 165 Å². The summed E-state index contributed by atoms with van der Waals surface area (Å²) in [6.45, 7) is 6.94. The molecule has 3 rings (SSSR count). The third-order valence-corrected chi connectivity index (χ3v) is 4.34. The number of ether oxygens (including phenoxy) is 1. The zero-order valence-electron chi connectivity index (χ0n) is 16.6. The fourth-order valence-electron chi connectivity index (χ4n) is 2.73. The fraction of sp³-hybridized carbons (Fsp3) is 0.304. The van der Waals surface area contributed by atoms with Crippen molar-refractivity contribution in [3.05, 3.63) is 77.2 Å². The molecule has 0 aliphatic carbocycles. The number of rotatable bonds is 8. The van der Waals surface area contributed by atoms with Crippen molar-refractivity contribution < 1.29 is 13.9 Å². The lowest BCUT2D eigenvalue weighted by molar-refractivity contribution is -0.120. The Morgan fingerprint density at radius 3 is 2.43 bits per heavy atom. The van der Waals surface area contributed by atoms with E-state index in [2.05, 4.69) is 10.3 Å². The Morgan fingerprint density at radius 2 is 1.75 bits per heavy atom. The lowest BCUT2D eigenvalue weighted by Gasteiger charge is -2.09. The minimum atomic E-state index is -0.0803. The van der Waals surface area contributed by atoms with Crippen molar-refractivity contribution in [2.24, 2.45) is 0 Å². The highest BCUT2D eigenvalue weighted by atomic mass is 16.5. The number of benzene rings is 2. The monoisotopic (exact) mass is 378 g/mol. The van der Waals surface area contributed by atoms with Crippen molar-refractivity contribution in [1.29, 1.82) is 0 Å². The van der Waals surface area contributed by atoms with E-state index in [1.165, 1.54) is 0 Å². The molecule has 0 radical (unpaired) electrons. The molecule has 0 saturated carbocycles. The number of hydrogen-bond donors (Lipinski definition) is 1. The van der Waals surface area contributed by atoms with Gasteiger partial charge in [-0.05, 0) is 44.0 Å². The molecule has 0 unspecified atom stereocenters. The van der Waals surface area contributed by atoms with Crippen LogP contribution in [-0.2, 0) is 29.1 Å². The molecule has 0 atom stereocenters. The molecule has 5 nitrogen and oxygen atoms in total. The summed E-state index contributed by atoms with van der Waals surface area (Å²) in [5.74, 6) is 1.13. The van der Waals surface area contributed by atoms with Crippen LogP contribution in [0.15, 0.2) is 59.0 Å². The Morgan fingerprint density at radius 1 is 1.07 bits per heavy atom. The quantitative estimate of drug-likeness (QED) is 0.630. The van der Waals surface area contributed by atoms with Gasteiger partial charge >= 0.3 is 0 Å². The Kier molecular flexibility index (Phi) is 6.61. The van der Waals surface area contributed by atoms with Gasteiger partial charge in [-0.2, -0.15) is 0 Å². The van der Waals surface area contributed by atoms with E-state index >= 15 is 0 Å². The van der Waals surface area contributed by atoms with Crippen LogP contribution in [0.4, 0.5) is 0 Å². The minimum Gasteiger partial charge on any atom is -0.441 e. The third kappa shape index (κ3) is 5.54. The zero-order chi connectivity index (χ0) is 19.9. The van der Waals surface area contributed by atoms with Gasteiger partial charge in [0.25, 0.3) is 0 Å². The van der Waals surface area contributed by atoms with Crippen molar-refractivity contribution in [3.8, 4) is 11.5 Å². The molecule has 1 amide bonds. The lowest BCUT2D eigenvalue weighted by Crippen LogP contribution is -2.24. The van der Waals surface area contributed by atoms with E-state index in [9.17, 15) is 4.79 Å². The zero-order valence-corrected chi connectivity index (χ0v) is 16.6. The van der Waals surface area contributed by atoms with Crippen molar-refractivity contribution >= 4 is 5.91 Å². The molecular weight excluding hydrogens is 352 g/mol. The van der Waals surface area contributed by atoms with Crippen LogP contribution in [0.5, 0.6) is 0 Å². The van der Waals surface area contributed by atoms with E-state index < -0.39 is 0 Å². The van der Waals surface area contributed by atoms with Gasteiger partial charge in [0.05, 0.1) is 24.8 Å². The summed E-state index contributed by atoms with van der Waals surface area (Å²) in [6, 6.07) is 17.7. The molecule has 2 aromatic carbocycles. The van der Waals surface area contributed by atoms with E-state index in [0.717, 1.165) is 16.7 Å². The standard InChI is InChI=1S/C23H26N2O3/c1-16(2)27-15-19-11-9-18(10-12-19)14-24-22(26)13-21-17(3)28-23(25-21)20-7-5-4-6-8-20/h4-12,16H,13-15H2,1-3H3,(H,24,26). The summed E-state index contributed by atoms with van der Waals surface area (Å²) in [6.07, 6.45) is 0.406. The number of oxazole rings is 1. The summed E-state index contributed by atoms with van der Waals surface area (Å²) in [4.78, 5) is 16.8. The first-order valence-corrected chi connectivity index (χ1v) is 9.49. The number of carbonyl (C=O) groups is 1. The maximum Gasteiger partial charge on any atom is 0.226 e. The third-order valence-electron chi connectivity index (χ3n) is 4.34. The second kappa shape index (κ2) is 9.33. The second-order valence-electron chi connectivity index (χ2n) is 7.02. The smallest absolute Gasteiger partial charge is 0.226 e. The molecule has 0 bridgehead atoms. The van der Waals surface area contributed by atoms with Crippen LogP contribution in [0.3, 0.4) is 0 Å². The first-order chi connectivity index (χ1) is 13.5. The molecule has 0 aliphatic rings. The molecular formula is C23H26N2O3. The van der Waals surface area contributed by atoms with Crippen molar-refractivity contribution in [2.75, 3.05) is 0 Å². The average Bonchev–Trinajstić information content (AvgIpc) is 3.06. The number of nitrogens with zero attached hydrogens (tertiary/aromatic N) is 1. The maximum atomic E-state index is 12.3. The van der Waals surface area contributed by atoms with E-state index in [1.807, 2.05) is 75.4 Å².